The Morgan fingerprint density at radius 3 is 1.85 bits per heavy atom. The zero-order valence-corrected chi connectivity index (χ0v) is 30.2. The molecule has 0 saturated heterocycles. The molecule has 1 heterocycles. The number of aldehydes is 1. The van der Waals surface area contributed by atoms with Crippen LogP contribution in [0.25, 0.3) is 0 Å². The van der Waals surface area contributed by atoms with Crippen LogP contribution >= 0.6 is 0 Å². The van der Waals surface area contributed by atoms with Crippen LogP contribution in [0.5, 0.6) is 0 Å². The Kier molecular flexibility index (Phi) is 21.5. The summed E-state index contributed by atoms with van der Waals surface area (Å²) in [5.41, 5.74) is 27.4. The zero-order valence-electron chi connectivity index (χ0n) is 30.2. The highest BCUT2D eigenvalue weighted by molar-refractivity contribution is 5.95. The smallest absolute Gasteiger partial charge is 0.243 e. The maximum absolute atomic E-state index is 13.8. The number of aromatic amines is 1. The standard InChI is InChI=1S/C31H55N15O7/c1-18(42-25(49)14-32)26(50)44-22(8-3-4-10-38-19(2)48)27(51)45-23(9-6-12-40-31(35)36)28(52)46-24(13-21-15-37-17-41-21)29(53)43-20(16-47)7-5-11-39-30(33)34/h15-18,20,22-24H,3-14,32H2,1-2H3,(H,37,41)(H,38,48)(H,42,49)(H,43,53)(H,44,50)(H,45,51)(H,46,52)(H4,33,34,39)(H4,35,36,40)/t18-,20-,22-,23-,24-/m0/s1. The fourth-order valence-electron chi connectivity index (χ4n) is 4.79. The second kappa shape index (κ2) is 25.2. The average molecular weight is 750 g/mol. The third-order valence-electron chi connectivity index (χ3n) is 7.53. The second-order valence-corrected chi connectivity index (χ2v) is 12.1. The molecule has 22 heteroatoms. The van der Waals surface area contributed by atoms with Crippen LogP contribution in [-0.4, -0.2) is 120 Å². The first-order chi connectivity index (χ1) is 25.2. The summed E-state index contributed by atoms with van der Waals surface area (Å²) in [6.45, 7) is 3.11. The van der Waals surface area contributed by atoms with E-state index in [1.54, 1.807) is 0 Å². The predicted molar refractivity (Wildman–Crippen MR) is 195 cm³/mol. The number of hydrogen-bond acceptors (Lipinski definition) is 11. The van der Waals surface area contributed by atoms with Crippen LogP contribution in [-0.2, 0) is 40.0 Å². The monoisotopic (exact) mass is 749 g/mol. The van der Waals surface area contributed by atoms with Crippen molar-refractivity contribution in [1.82, 2.24) is 41.9 Å². The average Bonchev–Trinajstić information content (AvgIpc) is 3.62. The van der Waals surface area contributed by atoms with Gasteiger partial charge in [-0.2, -0.15) is 0 Å². The molecule has 22 nitrogen and oxygen atoms in total. The highest BCUT2D eigenvalue weighted by Crippen LogP contribution is 2.08. The van der Waals surface area contributed by atoms with Gasteiger partial charge < -0.3 is 70.3 Å². The molecular weight excluding hydrogens is 694 g/mol. The molecule has 1 aromatic heterocycles. The number of nitrogens with zero attached hydrogens (tertiary/aromatic N) is 3. The first-order valence-electron chi connectivity index (χ1n) is 17.1. The number of carbonyl (C=O) groups is 7. The maximum Gasteiger partial charge on any atom is 0.243 e. The third-order valence-corrected chi connectivity index (χ3v) is 7.53. The first kappa shape index (κ1) is 45.2. The quantitative estimate of drug-likeness (QED) is 0.0183. The molecule has 5 atom stereocenters. The number of rotatable bonds is 26. The fourth-order valence-corrected chi connectivity index (χ4v) is 4.79. The summed E-state index contributed by atoms with van der Waals surface area (Å²) in [5, 5.41) is 15.6. The van der Waals surface area contributed by atoms with Gasteiger partial charge in [0.1, 0.15) is 30.5 Å². The molecule has 0 aliphatic heterocycles. The second-order valence-electron chi connectivity index (χ2n) is 12.1. The molecule has 1 aromatic rings. The molecule has 1 rings (SSSR count). The lowest BCUT2D eigenvalue weighted by atomic mass is 10.0. The summed E-state index contributed by atoms with van der Waals surface area (Å²) in [6, 6.07) is -5.59. The number of amides is 6. The molecule has 0 aromatic carbocycles. The highest BCUT2D eigenvalue weighted by atomic mass is 16.2. The number of aromatic nitrogens is 2. The largest absolute Gasteiger partial charge is 0.370 e. The molecule has 0 bridgehead atoms. The fraction of sp³-hybridized carbons (Fsp3) is 0.613. The molecule has 0 saturated carbocycles. The van der Waals surface area contributed by atoms with Gasteiger partial charge in [-0.3, -0.25) is 38.8 Å². The van der Waals surface area contributed by atoms with E-state index in [1.165, 1.54) is 26.4 Å². The van der Waals surface area contributed by atoms with Crippen molar-refractivity contribution in [3.05, 3.63) is 18.2 Å². The highest BCUT2D eigenvalue weighted by Gasteiger charge is 2.31. The van der Waals surface area contributed by atoms with Gasteiger partial charge in [-0.1, -0.05) is 0 Å². The van der Waals surface area contributed by atoms with E-state index in [0.29, 0.717) is 37.8 Å². The van der Waals surface area contributed by atoms with Crippen molar-refractivity contribution in [2.75, 3.05) is 26.2 Å². The minimum atomic E-state index is -1.25. The molecular formula is C31H55N15O7. The van der Waals surface area contributed by atoms with Gasteiger partial charge in [0, 0.05) is 44.9 Å². The van der Waals surface area contributed by atoms with Crippen molar-refractivity contribution in [3.63, 3.8) is 0 Å². The summed E-state index contributed by atoms with van der Waals surface area (Å²) >= 11 is 0. The molecule has 6 amide bonds. The Morgan fingerprint density at radius 2 is 1.32 bits per heavy atom. The Morgan fingerprint density at radius 1 is 0.774 bits per heavy atom. The van der Waals surface area contributed by atoms with E-state index >= 15 is 0 Å². The number of aliphatic imine (C=N–C) groups is 2. The van der Waals surface area contributed by atoms with E-state index in [-0.39, 0.29) is 69.6 Å². The van der Waals surface area contributed by atoms with Crippen molar-refractivity contribution in [2.45, 2.75) is 95.4 Å². The van der Waals surface area contributed by atoms with Gasteiger partial charge in [-0.05, 0) is 51.9 Å². The van der Waals surface area contributed by atoms with Gasteiger partial charge in [0.25, 0.3) is 0 Å². The van der Waals surface area contributed by atoms with Gasteiger partial charge in [0.2, 0.25) is 35.4 Å². The van der Waals surface area contributed by atoms with Crippen molar-refractivity contribution < 1.29 is 33.6 Å². The van der Waals surface area contributed by atoms with Crippen LogP contribution in [0.1, 0.15) is 64.5 Å². The van der Waals surface area contributed by atoms with Gasteiger partial charge in [-0.15, -0.1) is 0 Å². The number of unbranched alkanes of at least 4 members (excludes halogenated alkanes) is 1. The van der Waals surface area contributed by atoms with Crippen LogP contribution in [0, 0.1) is 0 Å². The molecule has 0 fully saturated rings. The summed E-state index contributed by atoms with van der Waals surface area (Å²) in [4.78, 5) is 103. The normalized spacial score (nSPS) is 13.4. The van der Waals surface area contributed by atoms with E-state index in [0.717, 1.165) is 0 Å². The topological polar surface area (TPSA) is 375 Å². The van der Waals surface area contributed by atoms with E-state index in [1.807, 2.05) is 0 Å². The number of nitrogens with two attached hydrogens (primary N) is 5. The van der Waals surface area contributed by atoms with Crippen LogP contribution in [0.3, 0.4) is 0 Å². The van der Waals surface area contributed by atoms with Crippen molar-refractivity contribution in [3.8, 4) is 0 Å². The van der Waals surface area contributed by atoms with Crippen LogP contribution in [0.4, 0.5) is 0 Å². The van der Waals surface area contributed by atoms with Crippen molar-refractivity contribution >= 4 is 53.6 Å². The van der Waals surface area contributed by atoms with Crippen LogP contribution in [0.2, 0.25) is 0 Å². The lowest BCUT2D eigenvalue weighted by Gasteiger charge is -2.26. The summed E-state index contributed by atoms with van der Waals surface area (Å²) in [6.07, 6.45) is 5.17. The summed E-state index contributed by atoms with van der Waals surface area (Å²) in [5.74, 6) is -3.94. The number of imidazole rings is 1. The SMILES string of the molecule is CC(=O)NCCCC[C@H](NC(=O)[C@H](C)NC(=O)CN)C(=O)N[C@@H](CCCN=C(N)N)C(=O)N[C@@H](Cc1cnc[nH]1)C(=O)N[C@H](C=O)CCCN=C(N)N. The lowest BCUT2D eigenvalue weighted by Crippen LogP contribution is -2.58. The van der Waals surface area contributed by atoms with Gasteiger partial charge in [0.15, 0.2) is 11.9 Å². The maximum atomic E-state index is 13.8. The Hall–Kier alpha value is -5.80. The zero-order chi connectivity index (χ0) is 39.8. The first-order valence-corrected chi connectivity index (χ1v) is 17.1. The molecule has 0 spiro atoms. The number of H-pyrrole nitrogens is 1. The van der Waals surface area contributed by atoms with Crippen LogP contribution in [0.15, 0.2) is 22.5 Å². The van der Waals surface area contributed by atoms with Gasteiger partial charge >= 0.3 is 0 Å². The minimum absolute atomic E-state index is 0.0145. The third kappa shape index (κ3) is 20.0. The summed E-state index contributed by atoms with van der Waals surface area (Å²) in [7, 11) is 0. The lowest BCUT2D eigenvalue weighted by molar-refractivity contribution is -0.134. The molecule has 0 aliphatic carbocycles. The number of carbonyl (C=O) groups excluding carboxylic acids is 7. The van der Waals surface area contributed by atoms with Crippen molar-refractivity contribution in [1.29, 1.82) is 0 Å². The number of hydrogen-bond donors (Lipinski definition) is 12. The number of guanidine groups is 2. The molecule has 0 aliphatic rings. The van der Waals surface area contributed by atoms with E-state index in [9.17, 15) is 33.6 Å². The van der Waals surface area contributed by atoms with Crippen molar-refractivity contribution in [2.24, 2.45) is 38.7 Å². The predicted octanol–water partition coefficient (Wildman–Crippen LogP) is -5.03. The summed E-state index contributed by atoms with van der Waals surface area (Å²) < 4.78 is 0. The van der Waals surface area contributed by atoms with Gasteiger partial charge in [-0.25, -0.2) is 4.98 Å². The van der Waals surface area contributed by atoms with E-state index < -0.39 is 59.7 Å². The molecule has 0 radical (unpaired) electrons. The van der Waals surface area contributed by atoms with Crippen LogP contribution < -0.4 is 60.6 Å². The van der Waals surface area contributed by atoms with Gasteiger partial charge in [0.05, 0.1) is 18.9 Å². The molecule has 17 N–H and O–H groups in total. The molecule has 296 valence electrons. The Bertz CT molecular complexity index is 1400. The van der Waals surface area contributed by atoms with E-state index in [4.69, 9.17) is 28.7 Å². The number of nitrogens with one attached hydrogen (secondary N) is 7. The Balaban J connectivity index is 3.27. The molecule has 53 heavy (non-hydrogen) atoms. The Labute approximate surface area is 307 Å². The minimum Gasteiger partial charge on any atom is -0.370 e. The van der Waals surface area contributed by atoms with E-state index in [2.05, 4.69) is 51.9 Å². The molecule has 0 unspecified atom stereocenters.